The predicted octanol–water partition coefficient (Wildman–Crippen LogP) is 3.68. The maximum Gasteiger partial charge on any atom is 0.122 e. The molecule has 0 amide bonds. The van der Waals surface area contributed by atoms with Gasteiger partial charge >= 0.3 is 0 Å². The highest BCUT2D eigenvalue weighted by molar-refractivity contribution is 5.94. The molecule has 0 aliphatic rings. The first-order chi connectivity index (χ1) is 11.5. The largest absolute Gasteiger partial charge is 0.384 e. The Balaban J connectivity index is 1.81. The highest BCUT2D eigenvalue weighted by Gasteiger charge is 2.09. The molecule has 0 aliphatic heterocycles. The summed E-state index contributed by atoms with van der Waals surface area (Å²) in [6.45, 7) is 6.01. The Kier molecular flexibility index (Phi) is 4.21. The summed E-state index contributed by atoms with van der Waals surface area (Å²) in [5.41, 5.74) is 11.8. The minimum atomic E-state index is 0.102. The van der Waals surface area contributed by atoms with Crippen molar-refractivity contribution >= 4 is 22.4 Å². The van der Waals surface area contributed by atoms with Crippen LogP contribution in [0.5, 0.6) is 0 Å². The summed E-state index contributed by atoms with van der Waals surface area (Å²) in [5, 5.41) is 7.44. The third-order valence-corrected chi connectivity index (χ3v) is 4.37. The fourth-order valence-corrected chi connectivity index (χ4v) is 2.85. The van der Waals surface area contributed by atoms with Crippen LogP contribution in [0.1, 0.15) is 29.4 Å². The van der Waals surface area contributed by atoms with Crippen molar-refractivity contribution in [3.63, 3.8) is 0 Å². The molecule has 0 spiro atoms. The van der Waals surface area contributed by atoms with Crippen molar-refractivity contribution in [2.75, 3.05) is 0 Å². The highest BCUT2D eigenvalue weighted by Crippen LogP contribution is 2.21. The minimum Gasteiger partial charge on any atom is -0.384 e. The lowest BCUT2D eigenvalue weighted by Crippen LogP contribution is -2.10. The molecule has 0 atom stereocenters. The van der Waals surface area contributed by atoms with E-state index in [2.05, 4.69) is 36.4 Å². The van der Waals surface area contributed by atoms with Gasteiger partial charge in [-0.15, -0.1) is 0 Å². The first kappa shape index (κ1) is 16.0. The molecule has 0 aliphatic carbocycles. The summed E-state index contributed by atoms with van der Waals surface area (Å²) < 4.78 is 2.15. The molecule has 1 heterocycles. The lowest BCUT2D eigenvalue weighted by Gasteiger charge is -2.04. The fraction of sp³-hybridized carbons (Fsp3) is 0.200. The van der Waals surface area contributed by atoms with Gasteiger partial charge in [0.2, 0.25) is 0 Å². The molecule has 122 valence electrons. The predicted molar refractivity (Wildman–Crippen MR) is 100 cm³/mol. The summed E-state index contributed by atoms with van der Waals surface area (Å²) in [4.78, 5) is 4.78. The molecule has 0 saturated carbocycles. The summed E-state index contributed by atoms with van der Waals surface area (Å²) in [6, 6.07) is 14.1. The third kappa shape index (κ3) is 3.08. The molecular formula is C20H22N4. The number of nitrogens with one attached hydrogen (secondary N) is 1. The Labute approximate surface area is 142 Å². The number of imidazole rings is 1. The number of fused-ring (bicyclic) bond motifs is 1. The molecular weight excluding hydrogens is 296 g/mol. The normalized spacial score (nSPS) is 10.9. The quantitative estimate of drug-likeness (QED) is 0.556. The number of hydrogen-bond acceptors (Lipinski definition) is 2. The Morgan fingerprint density at radius 3 is 2.42 bits per heavy atom. The molecule has 0 bridgehead atoms. The SMILES string of the molecule is C=C(C)c1ccc2c(c1)nc(CCc1ccc(C(=N)N)cc1)n2C. The van der Waals surface area contributed by atoms with Gasteiger partial charge in [0.15, 0.2) is 0 Å². The van der Waals surface area contributed by atoms with Crippen LogP contribution >= 0.6 is 0 Å². The van der Waals surface area contributed by atoms with Crippen LogP contribution in [-0.2, 0) is 19.9 Å². The second-order valence-corrected chi connectivity index (χ2v) is 6.18. The Bertz CT molecular complexity index is 917. The topological polar surface area (TPSA) is 67.7 Å². The van der Waals surface area contributed by atoms with E-state index in [0.29, 0.717) is 0 Å². The standard InChI is InChI=1S/C20H22N4/c1-13(2)16-9-10-18-17(12-16)23-19(24(18)3)11-6-14-4-7-15(8-5-14)20(21)22/h4-5,7-10,12H,1,6,11H2,2-3H3,(H3,21,22). The number of rotatable bonds is 5. The van der Waals surface area contributed by atoms with Crippen molar-refractivity contribution < 1.29 is 0 Å². The molecule has 0 saturated heterocycles. The molecule has 0 radical (unpaired) electrons. The molecule has 4 nitrogen and oxygen atoms in total. The van der Waals surface area contributed by atoms with Gasteiger partial charge in [0.05, 0.1) is 11.0 Å². The highest BCUT2D eigenvalue weighted by atomic mass is 15.1. The van der Waals surface area contributed by atoms with Crippen molar-refractivity contribution in [2.24, 2.45) is 12.8 Å². The van der Waals surface area contributed by atoms with Crippen molar-refractivity contribution in [2.45, 2.75) is 19.8 Å². The Morgan fingerprint density at radius 1 is 1.12 bits per heavy atom. The van der Waals surface area contributed by atoms with Crippen LogP contribution in [0.3, 0.4) is 0 Å². The van der Waals surface area contributed by atoms with Gasteiger partial charge in [-0.1, -0.05) is 42.5 Å². The van der Waals surface area contributed by atoms with Gasteiger partial charge in [-0.3, -0.25) is 5.41 Å². The third-order valence-electron chi connectivity index (χ3n) is 4.37. The second-order valence-electron chi connectivity index (χ2n) is 6.18. The van der Waals surface area contributed by atoms with Crippen molar-refractivity contribution in [3.8, 4) is 0 Å². The van der Waals surface area contributed by atoms with E-state index in [1.54, 1.807) is 0 Å². The zero-order chi connectivity index (χ0) is 17.3. The van der Waals surface area contributed by atoms with Gasteiger partial charge in [-0.05, 0) is 36.6 Å². The van der Waals surface area contributed by atoms with Crippen LogP contribution in [0.2, 0.25) is 0 Å². The van der Waals surface area contributed by atoms with E-state index in [-0.39, 0.29) is 5.84 Å². The maximum absolute atomic E-state index is 7.44. The molecule has 3 aromatic rings. The number of amidine groups is 1. The van der Waals surface area contributed by atoms with Crippen LogP contribution in [0.15, 0.2) is 49.0 Å². The van der Waals surface area contributed by atoms with E-state index in [1.165, 1.54) is 5.56 Å². The number of nitrogens with zero attached hydrogens (tertiary/aromatic N) is 2. The number of nitrogen functional groups attached to an aromatic ring is 1. The van der Waals surface area contributed by atoms with Crippen LogP contribution in [0.4, 0.5) is 0 Å². The van der Waals surface area contributed by atoms with Gasteiger partial charge in [0.25, 0.3) is 0 Å². The maximum atomic E-state index is 7.44. The zero-order valence-corrected chi connectivity index (χ0v) is 14.1. The van der Waals surface area contributed by atoms with E-state index in [9.17, 15) is 0 Å². The van der Waals surface area contributed by atoms with Gasteiger partial charge < -0.3 is 10.3 Å². The van der Waals surface area contributed by atoms with Crippen molar-refractivity contribution in [3.05, 3.63) is 71.6 Å². The monoisotopic (exact) mass is 318 g/mol. The van der Waals surface area contributed by atoms with E-state index in [0.717, 1.165) is 46.4 Å². The molecule has 24 heavy (non-hydrogen) atoms. The summed E-state index contributed by atoms with van der Waals surface area (Å²) >= 11 is 0. The molecule has 3 N–H and O–H groups in total. The van der Waals surface area contributed by atoms with Gasteiger partial charge in [-0.2, -0.15) is 0 Å². The van der Waals surface area contributed by atoms with E-state index in [1.807, 2.05) is 31.2 Å². The summed E-state index contributed by atoms with van der Waals surface area (Å²) in [6.07, 6.45) is 1.77. The van der Waals surface area contributed by atoms with Gasteiger partial charge in [0, 0.05) is 19.0 Å². The van der Waals surface area contributed by atoms with Gasteiger partial charge in [-0.25, -0.2) is 4.98 Å². The number of aryl methyl sites for hydroxylation is 3. The smallest absolute Gasteiger partial charge is 0.122 e. The molecule has 0 unspecified atom stereocenters. The average Bonchev–Trinajstić information content (AvgIpc) is 2.89. The molecule has 1 aromatic heterocycles. The lowest BCUT2D eigenvalue weighted by molar-refractivity contribution is 0.787. The number of benzene rings is 2. The Morgan fingerprint density at radius 2 is 1.79 bits per heavy atom. The van der Waals surface area contributed by atoms with Crippen molar-refractivity contribution in [1.29, 1.82) is 5.41 Å². The molecule has 0 fully saturated rings. The van der Waals surface area contributed by atoms with E-state index >= 15 is 0 Å². The fourth-order valence-electron chi connectivity index (χ4n) is 2.85. The zero-order valence-electron chi connectivity index (χ0n) is 14.1. The van der Waals surface area contributed by atoms with Gasteiger partial charge in [0.1, 0.15) is 11.7 Å². The van der Waals surface area contributed by atoms with E-state index < -0.39 is 0 Å². The van der Waals surface area contributed by atoms with Crippen LogP contribution in [0.25, 0.3) is 16.6 Å². The first-order valence-corrected chi connectivity index (χ1v) is 8.00. The summed E-state index contributed by atoms with van der Waals surface area (Å²) in [7, 11) is 2.06. The number of hydrogen-bond donors (Lipinski definition) is 2. The molecule has 2 aromatic carbocycles. The van der Waals surface area contributed by atoms with Crippen LogP contribution in [-0.4, -0.2) is 15.4 Å². The minimum absolute atomic E-state index is 0.102. The van der Waals surface area contributed by atoms with Crippen molar-refractivity contribution in [1.82, 2.24) is 9.55 Å². The van der Waals surface area contributed by atoms with Crippen LogP contribution < -0.4 is 5.73 Å². The average molecular weight is 318 g/mol. The summed E-state index contributed by atoms with van der Waals surface area (Å²) in [5.74, 6) is 1.17. The number of allylic oxidation sites excluding steroid dienone is 1. The number of nitrogens with two attached hydrogens (primary N) is 1. The molecule has 4 heteroatoms. The second kappa shape index (κ2) is 6.32. The molecule has 3 rings (SSSR count). The first-order valence-electron chi connectivity index (χ1n) is 8.00. The van der Waals surface area contributed by atoms with E-state index in [4.69, 9.17) is 16.1 Å². The lowest BCUT2D eigenvalue weighted by atomic mass is 10.1. The Hall–Kier alpha value is -2.88. The number of aromatic nitrogens is 2. The van der Waals surface area contributed by atoms with Crippen LogP contribution in [0, 0.1) is 5.41 Å².